The average Bonchev–Trinajstić information content (AvgIpc) is 2.45. The topological polar surface area (TPSA) is 57.4 Å². The largest absolute Gasteiger partial charge is 0.497 e. The van der Waals surface area contributed by atoms with Gasteiger partial charge in [-0.1, -0.05) is 0 Å². The minimum atomic E-state index is -0.329. The maximum Gasteiger partial charge on any atom is 0.130 e. The number of halogens is 1. The summed E-state index contributed by atoms with van der Waals surface area (Å²) in [5, 5.41) is 0. The SMILES string of the molecule is COc1cc(C)nc(COc2ccc(F)cc2[C@H](C)N)c1. The number of pyridine rings is 1. The van der Waals surface area contributed by atoms with Crippen LogP contribution >= 0.6 is 0 Å². The van der Waals surface area contributed by atoms with E-state index in [1.807, 2.05) is 19.1 Å². The van der Waals surface area contributed by atoms with Gasteiger partial charge in [-0.05, 0) is 32.0 Å². The highest BCUT2D eigenvalue weighted by Gasteiger charge is 2.10. The van der Waals surface area contributed by atoms with E-state index in [1.54, 1.807) is 20.1 Å². The van der Waals surface area contributed by atoms with E-state index in [4.69, 9.17) is 15.2 Å². The van der Waals surface area contributed by atoms with Crippen molar-refractivity contribution in [2.45, 2.75) is 26.5 Å². The fourth-order valence-electron chi connectivity index (χ4n) is 2.05. The van der Waals surface area contributed by atoms with Gasteiger partial charge in [-0.15, -0.1) is 0 Å². The Bertz CT molecular complexity index is 630. The molecule has 2 N–H and O–H groups in total. The number of hydrogen-bond donors (Lipinski definition) is 1. The molecular formula is C16H19FN2O2. The van der Waals surface area contributed by atoms with Crippen LogP contribution in [0.1, 0.15) is 29.9 Å². The number of nitrogens with zero attached hydrogens (tertiary/aromatic N) is 1. The molecule has 1 atom stereocenters. The average molecular weight is 290 g/mol. The van der Waals surface area contributed by atoms with E-state index in [-0.39, 0.29) is 18.5 Å². The summed E-state index contributed by atoms with van der Waals surface area (Å²) < 4.78 is 24.2. The third kappa shape index (κ3) is 3.92. The van der Waals surface area contributed by atoms with Gasteiger partial charge in [-0.3, -0.25) is 4.98 Å². The molecule has 4 nitrogen and oxygen atoms in total. The Morgan fingerprint density at radius 3 is 2.71 bits per heavy atom. The van der Waals surface area contributed by atoms with Gasteiger partial charge in [0, 0.05) is 29.4 Å². The fraction of sp³-hybridized carbons (Fsp3) is 0.312. The molecular weight excluding hydrogens is 271 g/mol. The quantitative estimate of drug-likeness (QED) is 0.919. The summed E-state index contributed by atoms with van der Waals surface area (Å²) in [6.07, 6.45) is 0. The minimum absolute atomic E-state index is 0.267. The van der Waals surface area contributed by atoms with Crippen LogP contribution in [-0.2, 0) is 6.61 Å². The monoisotopic (exact) mass is 290 g/mol. The number of methoxy groups -OCH3 is 1. The maximum atomic E-state index is 13.3. The number of ether oxygens (including phenoxy) is 2. The lowest BCUT2D eigenvalue weighted by Crippen LogP contribution is -2.09. The van der Waals surface area contributed by atoms with Crippen molar-refractivity contribution in [1.29, 1.82) is 0 Å². The fourth-order valence-corrected chi connectivity index (χ4v) is 2.05. The lowest BCUT2D eigenvalue weighted by molar-refractivity contribution is 0.294. The Balaban J connectivity index is 2.18. The molecule has 0 radical (unpaired) electrons. The molecule has 5 heteroatoms. The van der Waals surface area contributed by atoms with Crippen LogP contribution < -0.4 is 15.2 Å². The van der Waals surface area contributed by atoms with E-state index in [2.05, 4.69) is 4.98 Å². The standard InChI is InChI=1S/C16H19FN2O2/c1-10-6-14(20-3)8-13(19-10)9-21-16-5-4-12(17)7-15(16)11(2)18/h4-8,11H,9,18H2,1-3H3/t11-/m0/s1. The van der Waals surface area contributed by atoms with Crippen molar-refractivity contribution in [2.75, 3.05) is 7.11 Å². The Morgan fingerprint density at radius 2 is 2.05 bits per heavy atom. The summed E-state index contributed by atoms with van der Waals surface area (Å²) >= 11 is 0. The summed E-state index contributed by atoms with van der Waals surface area (Å²) in [5.74, 6) is 0.964. The van der Waals surface area contributed by atoms with E-state index >= 15 is 0 Å². The van der Waals surface area contributed by atoms with E-state index in [0.29, 0.717) is 11.3 Å². The minimum Gasteiger partial charge on any atom is -0.497 e. The Kier molecular flexibility index (Phi) is 4.75. The van der Waals surface area contributed by atoms with Crippen LogP contribution in [0.3, 0.4) is 0 Å². The first-order valence-electron chi connectivity index (χ1n) is 6.69. The molecule has 0 amide bonds. The third-order valence-electron chi connectivity index (χ3n) is 3.05. The second kappa shape index (κ2) is 6.54. The Hall–Kier alpha value is -2.14. The number of benzene rings is 1. The van der Waals surface area contributed by atoms with Crippen molar-refractivity contribution in [2.24, 2.45) is 5.73 Å². The first kappa shape index (κ1) is 15.3. The van der Waals surface area contributed by atoms with Crippen molar-refractivity contribution >= 4 is 0 Å². The van der Waals surface area contributed by atoms with Gasteiger partial charge in [-0.25, -0.2) is 4.39 Å². The van der Waals surface area contributed by atoms with E-state index < -0.39 is 0 Å². The molecule has 2 aromatic rings. The van der Waals surface area contributed by atoms with Crippen molar-refractivity contribution < 1.29 is 13.9 Å². The van der Waals surface area contributed by atoms with Gasteiger partial charge in [0.25, 0.3) is 0 Å². The van der Waals surface area contributed by atoms with E-state index in [0.717, 1.165) is 17.1 Å². The number of rotatable bonds is 5. The van der Waals surface area contributed by atoms with Crippen molar-refractivity contribution in [3.63, 3.8) is 0 Å². The number of aromatic nitrogens is 1. The van der Waals surface area contributed by atoms with Crippen LogP contribution in [-0.4, -0.2) is 12.1 Å². The maximum absolute atomic E-state index is 13.3. The molecule has 0 saturated heterocycles. The molecule has 2 rings (SSSR count). The lowest BCUT2D eigenvalue weighted by Gasteiger charge is -2.14. The number of hydrogen-bond acceptors (Lipinski definition) is 4. The van der Waals surface area contributed by atoms with Crippen LogP contribution in [0.15, 0.2) is 30.3 Å². The highest BCUT2D eigenvalue weighted by atomic mass is 19.1. The highest BCUT2D eigenvalue weighted by molar-refractivity contribution is 5.36. The molecule has 0 fully saturated rings. The molecule has 1 aromatic heterocycles. The molecule has 0 aliphatic rings. The summed E-state index contributed by atoms with van der Waals surface area (Å²) in [5.41, 5.74) is 8.06. The normalized spacial score (nSPS) is 12.0. The van der Waals surface area contributed by atoms with Crippen LogP contribution in [0, 0.1) is 12.7 Å². The van der Waals surface area contributed by atoms with Crippen LogP contribution in [0.25, 0.3) is 0 Å². The van der Waals surface area contributed by atoms with Gasteiger partial charge in [-0.2, -0.15) is 0 Å². The molecule has 112 valence electrons. The van der Waals surface area contributed by atoms with Gasteiger partial charge in [0.2, 0.25) is 0 Å². The Labute approximate surface area is 123 Å². The zero-order valence-corrected chi connectivity index (χ0v) is 12.4. The molecule has 21 heavy (non-hydrogen) atoms. The van der Waals surface area contributed by atoms with Gasteiger partial charge >= 0.3 is 0 Å². The number of nitrogens with two attached hydrogens (primary N) is 1. The van der Waals surface area contributed by atoms with Crippen LogP contribution in [0.2, 0.25) is 0 Å². The second-order valence-electron chi connectivity index (χ2n) is 4.90. The van der Waals surface area contributed by atoms with Crippen LogP contribution in [0.4, 0.5) is 4.39 Å². The molecule has 0 aliphatic carbocycles. The zero-order valence-electron chi connectivity index (χ0n) is 12.4. The summed E-state index contributed by atoms with van der Waals surface area (Å²) in [6.45, 7) is 3.94. The first-order chi connectivity index (χ1) is 9.99. The highest BCUT2D eigenvalue weighted by Crippen LogP contribution is 2.26. The lowest BCUT2D eigenvalue weighted by atomic mass is 10.1. The molecule has 0 aliphatic heterocycles. The van der Waals surface area contributed by atoms with Crippen molar-refractivity contribution in [1.82, 2.24) is 4.98 Å². The van der Waals surface area contributed by atoms with Crippen molar-refractivity contribution in [3.05, 3.63) is 53.1 Å². The molecule has 0 spiro atoms. The predicted molar refractivity (Wildman–Crippen MR) is 78.9 cm³/mol. The predicted octanol–water partition coefficient (Wildman–Crippen LogP) is 3.14. The van der Waals surface area contributed by atoms with Gasteiger partial charge < -0.3 is 15.2 Å². The first-order valence-corrected chi connectivity index (χ1v) is 6.69. The number of aryl methyl sites for hydroxylation is 1. The van der Waals surface area contributed by atoms with Gasteiger partial charge in [0.1, 0.15) is 23.9 Å². The molecule has 0 bridgehead atoms. The summed E-state index contributed by atoms with van der Waals surface area (Å²) in [4.78, 5) is 4.38. The van der Waals surface area contributed by atoms with E-state index in [1.165, 1.54) is 12.1 Å². The van der Waals surface area contributed by atoms with Gasteiger partial charge in [0.05, 0.1) is 12.8 Å². The van der Waals surface area contributed by atoms with Crippen molar-refractivity contribution in [3.8, 4) is 11.5 Å². The Morgan fingerprint density at radius 1 is 1.29 bits per heavy atom. The third-order valence-corrected chi connectivity index (χ3v) is 3.05. The smallest absolute Gasteiger partial charge is 0.130 e. The van der Waals surface area contributed by atoms with Gasteiger partial charge in [0.15, 0.2) is 0 Å². The van der Waals surface area contributed by atoms with E-state index in [9.17, 15) is 4.39 Å². The second-order valence-corrected chi connectivity index (χ2v) is 4.90. The summed E-state index contributed by atoms with van der Waals surface area (Å²) in [7, 11) is 1.60. The summed E-state index contributed by atoms with van der Waals surface area (Å²) in [6, 6.07) is 7.67. The molecule has 1 heterocycles. The molecule has 1 aromatic carbocycles. The molecule has 0 saturated carbocycles. The van der Waals surface area contributed by atoms with Crippen LogP contribution in [0.5, 0.6) is 11.5 Å². The zero-order chi connectivity index (χ0) is 15.4. The molecule has 0 unspecified atom stereocenters.